The highest BCUT2D eigenvalue weighted by Crippen LogP contribution is 2.33. The van der Waals surface area contributed by atoms with Crippen LogP contribution in [0.3, 0.4) is 0 Å². The van der Waals surface area contributed by atoms with Crippen LogP contribution >= 0.6 is 15.9 Å². The van der Waals surface area contributed by atoms with E-state index in [2.05, 4.69) is 15.9 Å². The van der Waals surface area contributed by atoms with Gasteiger partial charge in [-0.25, -0.2) is 5.01 Å². The number of halogens is 1. The molecule has 3 aromatic carbocycles. The van der Waals surface area contributed by atoms with Gasteiger partial charge in [0.25, 0.3) is 5.91 Å². The summed E-state index contributed by atoms with van der Waals surface area (Å²) in [6.45, 7) is 0. The lowest BCUT2D eigenvalue weighted by atomic mass is 9.98. The van der Waals surface area contributed by atoms with Crippen molar-refractivity contribution in [1.29, 1.82) is 0 Å². The lowest BCUT2D eigenvalue weighted by Crippen LogP contribution is -2.25. The Morgan fingerprint density at radius 3 is 2.39 bits per heavy atom. The van der Waals surface area contributed by atoms with Gasteiger partial charge in [-0.15, -0.1) is 0 Å². The van der Waals surface area contributed by atoms with Crippen molar-refractivity contribution in [3.63, 3.8) is 0 Å². The van der Waals surface area contributed by atoms with Crippen molar-refractivity contribution in [2.75, 3.05) is 0 Å². The Balaban J connectivity index is 1.65. The van der Waals surface area contributed by atoms with Gasteiger partial charge < -0.3 is 0 Å². The molecule has 0 spiro atoms. The summed E-state index contributed by atoms with van der Waals surface area (Å²) in [6, 6.07) is 27.8. The number of rotatable bonds is 4. The standard InChI is InChI=1S/C24H19BrN2O/c25-21-13-7-12-20(16-21)22-17-23(19-10-5-2-6-11-19)27(26-22)24(28)15-14-18-8-3-1-4-9-18/h1-16,23H,17H2/b15-14+. The summed E-state index contributed by atoms with van der Waals surface area (Å²) in [5, 5.41) is 6.30. The van der Waals surface area contributed by atoms with E-state index < -0.39 is 0 Å². The van der Waals surface area contributed by atoms with Gasteiger partial charge in [-0.05, 0) is 34.9 Å². The van der Waals surface area contributed by atoms with E-state index in [-0.39, 0.29) is 11.9 Å². The zero-order valence-electron chi connectivity index (χ0n) is 15.2. The van der Waals surface area contributed by atoms with Gasteiger partial charge in [0.1, 0.15) is 0 Å². The first-order valence-electron chi connectivity index (χ1n) is 9.15. The highest BCUT2D eigenvalue weighted by molar-refractivity contribution is 9.10. The molecule has 3 nitrogen and oxygen atoms in total. The molecular formula is C24H19BrN2O. The lowest BCUT2D eigenvalue weighted by Gasteiger charge is -2.20. The molecule has 1 heterocycles. The number of hydrogen-bond acceptors (Lipinski definition) is 2. The minimum absolute atomic E-state index is 0.108. The van der Waals surface area contributed by atoms with Crippen LogP contribution in [0, 0.1) is 0 Å². The molecule has 1 amide bonds. The van der Waals surface area contributed by atoms with Crippen molar-refractivity contribution >= 4 is 33.6 Å². The average molecular weight is 431 g/mol. The van der Waals surface area contributed by atoms with E-state index in [4.69, 9.17) is 5.10 Å². The largest absolute Gasteiger partial charge is 0.268 e. The van der Waals surface area contributed by atoms with Crippen LogP contribution in [0.5, 0.6) is 0 Å². The fourth-order valence-corrected chi connectivity index (χ4v) is 3.70. The molecule has 0 aliphatic carbocycles. The Bertz CT molecular complexity index is 1030. The minimum atomic E-state index is -0.122. The number of hydrazone groups is 1. The molecule has 0 aromatic heterocycles. The third-order valence-corrected chi connectivity index (χ3v) is 5.19. The van der Waals surface area contributed by atoms with Crippen LogP contribution in [0.1, 0.15) is 29.2 Å². The molecule has 1 unspecified atom stereocenters. The highest BCUT2D eigenvalue weighted by Gasteiger charge is 2.32. The van der Waals surface area contributed by atoms with Gasteiger partial charge in [-0.3, -0.25) is 4.79 Å². The maximum absolute atomic E-state index is 13.0. The third kappa shape index (κ3) is 4.12. The summed E-state index contributed by atoms with van der Waals surface area (Å²) in [4.78, 5) is 13.0. The van der Waals surface area contributed by atoms with E-state index in [1.54, 1.807) is 11.1 Å². The maximum Gasteiger partial charge on any atom is 0.267 e. The summed E-state index contributed by atoms with van der Waals surface area (Å²) in [6.07, 6.45) is 4.11. The molecule has 0 saturated heterocycles. The van der Waals surface area contributed by atoms with Crippen LogP contribution in [0.25, 0.3) is 6.08 Å². The second-order valence-corrected chi connectivity index (χ2v) is 7.53. The molecule has 1 atom stereocenters. The molecule has 0 fully saturated rings. The molecule has 4 heteroatoms. The van der Waals surface area contributed by atoms with Crippen LogP contribution in [0.2, 0.25) is 0 Å². The topological polar surface area (TPSA) is 32.7 Å². The number of benzene rings is 3. The molecule has 138 valence electrons. The normalized spacial score (nSPS) is 16.4. The van der Waals surface area contributed by atoms with Crippen molar-refractivity contribution in [2.24, 2.45) is 5.10 Å². The Morgan fingerprint density at radius 2 is 1.68 bits per heavy atom. The van der Waals surface area contributed by atoms with Gasteiger partial charge in [0.15, 0.2) is 0 Å². The van der Waals surface area contributed by atoms with Crippen LogP contribution in [-0.4, -0.2) is 16.6 Å². The molecule has 0 bridgehead atoms. The molecule has 28 heavy (non-hydrogen) atoms. The maximum atomic E-state index is 13.0. The molecular weight excluding hydrogens is 412 g/mol. The Kier molecular flexibility index (Phi) is 5.49. The smallest absolute Gasteiger partial charge is 0.267 e. The summed E-state index contributed by atoms with van der Waals surface area (Å²) < 4.78 is 0.998. The number of hydrogen-bond donors (Lipinski definition) is 0. The van der Waals surface area contributed by atoms with Crippen molar-refractivity contribution in [1.82, 2.24) is 5.01 Å². The zero-order chi connectivity index (χ0) is 19.3. The average Bonchev–Trinajstić information content (AvgIpc) is 3.19. The Hall–Kier alpha value is -2.98. The SMILES string of the molecule is O=C(/C=C/c1ccccc1)N1N=C(c2cccc(Br)c2)CC1c1ccccc1. The molecule has 1 aliphatic rings. The lowest BCUT2D eigenvalue weighted by molar-refractivity contribution is -0.127. The van der Waals surface area contributed by atoms with Crippen LogP contribution in [0.4, 0.5) is 0 Å². The number of carbonyl (C=O) groups is 1. The van der Waals surface area contributed by atoms with Gasteiger partial charge in [-0.1, -0.05) is 88.7 Å². The second-order valence-electron chi connectivity index (χ2n) is 6.61. The van der Waals surface area contributed by atoms with Crippen LogP contribution < -0.4 is 0 Å². The zero-order valence-corrected chi connectivity index (χ0v) is 16.8. The predicted octanol–water partition coefficient (Wildman–Crippen LogP) is 5.84. The predicted molar refractivity (Wildman–Crippen MR) is 117 cm³/mol. The first kappa shape index (κ1) is 18.4. The third-order valence-electron chi connectivity index (χ3n) is 4.70. The number of nitrogens with zero attached hydrogens (tertiary/aromatic N) is 2. The Labute approximate surface area is 173 Å². The van der Waals surface area contributed by atoms with Gasteiger partial charge in [0.2, 0.25) is 0 Å². The van der Waals surface area contributed by atoms with Gasteiger partial charge >= 0.3 is 0 Å². The van der Waals surface area contributed by atoms with E-state index in [1.165, 1.54) is 0 Å². The van der Waals surface area contributed by atoms with Gasteiger partial charge in [0.05, 0.1) is 11.8 Å². The van der Waals surface area contributed by atoms with Crippen molar-refractivity contribution < 1.29 is 4.79 Å². The van der Waals surface area contributed by atoms with E-state index in [0.29, 0.717) is 6.42 Å². The Morgan fingerprint density at radius 1 is 0.964 bits per heavy atom. The van der Waals surface area contributed by atoms with E-state index >= 15 is 0 Å². The number of amides is 1. The monoisotopic (exact) mass is 430 g/mol. The first-order chi connectivity index (χ1) is 13.7. The van der Waals surface area contributed by atoms with Crippen molar-refractivity contribution in [3.05, 3.63) is 112 Å². The number of carbonyl (C=O) groups excluding carboxylic acids is 1. The molecule has 0 saturated carbocycles. The van der Waals surface area contributed by atoms with Crippen molar-refractivity contribution in [2.45, 2.75) is 12.5 Å². The molecule has 1 aliphatic heterocycles. The summed E-state index contributed by atoms with van der Waals surface area (Å²) in [5.74, 6) is -0.122. The molecule has 0 N–H and O–H groups in total. The van der Waals surface area contributed by atoms with Crippen molar-refractivity contribution in [3.8, 4) is 0 Å². The quantitative estimate of drug-likeness (QED) is 0.478. The van der Waals surface area contributed by atoms with Gasteiger partial charge in [-0.2, -0.15) is 5.10 Å². The molecule has 0 radical (unpaired) electrons. The fraction of sp³-hybridized carbons (Fsp3) is 0.0833. The summed E-state index contributed by atoms with van der Waals surface area (Å²) in [7, 11) is 0. The molecule has 4 rings (SSSR count). The van der Waals surface area contributed by atoms with Crippen LogP contribution in [-0.2, 0) is 4.79 Å². The van der Waals surface area contributed by atoms with E-state index in [1.807, 2.05) is 91.0 Å². The summed E-state index contributed by atoms with van der Waals surface area (Å²) in [5.41, 5.74) is 4.01. The minimum Gasteiger partial charge on any atom is -0.268 e. The fourth-order valence-electron chi connectivity index (χ4n) is 3.30. The van der Waals surface area contributed by atoms with E-state index in [9.17, 15) is 4.79 Å². The van der Waals surface area contributed by atoms with Crippen LogP contribution in [0.15, 0.2) is 101 Å². The summed E-state index contributed by atoms with van der Waals surface area (Å²) >= 11 is 3.52. The molecule has 3 aromatic rings. The first-order valence-corrected chi connectivity index (χ1v) is 9.95. The second kappa shape index (κ2) is 8.36. The highest BCUT2D eigenvalue weighted by atomic mass is 79.9. The van der Waals surface area contributed by atoms with E-state index in [0.717, 1.165) is 26.9 Å². The van der Waals surface area contributed by atoms with Gasteiger partial charge in [0, 0.05) is 17.0 Å².